The van der Waals surface area contributed by atoms with Crippen molar-refractivity contribution in [2.75, 3.05) is 5.75 Å². The second kappa shape index (κ2) is 3.93. The quantitative estimate of drug-likeness (QED) is 0.592. The maximum atomic E-state index is 10.9. The maximum absolute atomic E-state index is 10.9. The summed E-state index contributed by atoms with van der Waals surface area (Å²) in [6, 6.07) is 0. The van der Waals surface area contributed by atoms with Gasteiger partial charge >= 0.3 is 0 Å². The first-order valence-corrected chi connectivity index (χ1v) is 4.86. The number of hydrogen-bond donors (Lipinski definition) is 2. The van der Waals surface area contributed by atoms with E-state index in [4.69, 9.17) is 11.5 Å². The molecule has 1 atom stereocenters. The van der Waals surface area contributed by atoms with E-state index in [1.54, 1.807) is 14.0 Å². The number of carbonyl (C=O) groups is 1. The monoisotopic (exact) mass is 216 g/mol. The molecular formula is C6H12N6OS. The summed E-state index contributed by atoms with van der Waals surface area (Å²) in [4.78, 5) is 10.9. The Morgan fingerprint density at radius 3 is 2.79 bits per heavy atom. The molecule has 1 amide bonds. The molecule has 0 aliphatic heterocycles. The summed E-state index contributed by atoms with van der Waals surface area (Å²) in [5.41, 5.74) is 9.72. The maximum Gasteiger partial charge on any atom is 0.238 e. The van der Waals surface area contributed by atoms with Gasteiger partial charge in [-0.15, -0.1) is 5.10 Å². The number of nitrogens with two attached hydrogens (primary N) is 2. The fourth-order valence-electron chi connectivity index (χ4n) is 0.629. The molecule has 7 nitrogen and oxygen atoms in total. The Hall–Kier alpha value is -1.15. The van der Waals surface area contributed by atoms with E-state index in [1.807, 2.05) is 0 Å². The molecule has 0 bridgehead atoms. The van der Waals surface area contributed by atoms with Gasteiger partial charge in [0.15, 0.2) is 0 Å². The van der Waals surface area contributed by atoms with Crippen LogP contribution in [0.15, 0.2) is 5.16 Å². The number of aromatic nitrogens is 4. The molecule has 1 heterocycles. The van der Waals surface area contributed by atoms with Crippen molar-refractivity contribution in [1.29, 1.82) is 0 Å². The molecule has 14 heavy (non-hydrogen) atoms. The molecule has 0 aliphatic carbocycles. The van der Waals surface area contributed by atoms with E-state index in [2.05, 4.69) is 15.5 Å². The molecule has 0 radical (unpaired) electrons. The Bertz CT molecular complexity index is 335. The highest BCUT2D eigenvalue weighted by Crippen LogP contribution is 2.17. The molecule has 4 N–H and O–H groups in total. The van der Waals surface area contributed by atoms with Crippen molar-refractivity contribution in [2.45, 2.75) is 17.6 Å². The van der Waals surface area contributed by atoms with Gasteiger partial charge in [-0.3, -0.25) is 4.79 Å². The molecule has 1 rings (SSSR count). The van der Waals surface area contributed by atoms with E-state index in [0.717, 1.165) is 0 Å². The lowest BCUT2D eigenvalue weighted by Crippen LogP contribution is -2.51. The van der Waals surface area contributed by atoms with Crippen molar-refractivity contribution in [1.82, 2.24) is 20.2 Å². The standard InChI is InChI=1S/C6H12N6OS/c1-6(8,4(7)13)3-14-5-9-10-11-12(5)2/h3,8H2,1-2H3,(H2,7,13). The minimum atomic E-state index is -1.05. The van der Waals surface area contributed by atoms with E-state index < -0.39 is 11.4 Å². The third-order valence-electron chi connectivity index (χ3n) is 1.65. The molecule has 0 aromatic carbocycles. The first-order chi connectivity index (χ1) is 6.43. The number of thioether (sulfide) groups is 1. The smallest absolute Gasteiger partial charge is 0.238 e. The molecule has 0 saturated heterocycles. The number of amides is 1. The predicted octanol–water partition coefficient (Wildman–Crippen LogP) is -1.50. The van der Waals surface area contributed by atoms with Crippen molar-refractivity contribution >= 4 is 17.7 Å². The van der Waals surface area contributed by atoms with Crippen LogP contribution < -0.4 is 11.5 Å². The Balaban J connectivity index is 2.57. The van der Waals surface area contributed by atoms with Crippen molar-refractivity contribution in [3.63, 3.8) is 0 Å². The second-order valence-electron chi connectivity index (χ2n) is 3.16. The lowest BCUT2D eigenvalue weighted by molar-refractivity contribution is -0.121. The van der Waals surface area contributed by atoms with Crippen LogP contribution in [-0.2, 0) is 11.8 Å². The topological polar surface area (TPSA) is 113 Å². The largest absolute Gasteiger partial charge is 0.368 e. The van der Waals surface area contributed by atoms with Crippen molar-refractivity contribution in [2.24, 2.45) is 18.5 Å². The molecular weight excluding hydrogens is 204 g/mol. The number of aryl methyl sites for hydroxylation is 1. The SMILES string of the molecule is Cn1nnnc1SCC(C)(N)C(N)=O. The molecule has 0 aliphatic rings. The van der Waals surface area contributed by atoms with Crippen LogP contribution in [0.25, 0.3) is 0 Å². The highest BCUT2D eigenvalue weighted by Gasteiger charge is 2.26. The fraction of sp³-hybridized carbons (Fsp3) is 0.667. The zero-order valence-electron chi connectivity index (χ0n) is 7.97. The van der Waals surface area contributed by atoms with Gasteiger partial charge in [-0.25, -0.2) is 4.68 Å². The number of primary amides is 1. The van der Waals surface area contributed by atoms with Crippen molar-refractivity contribution in [3.05, 3.63) is 0 Å². The average Bonchev–Trinajstić information content (AvgIpc) is 2.47. The summed E-state index contributed by atoms with van der Waals surface area (Å²) in [7, 11) is 1.71. The Kier molecular flexibility index (Phi) is 3.06. The zero-order chi connectivity index (χ0) is 10.8. The number of rotatable bonds is 4. The molecule has 8 heteroatoms. The predicted molar refractivity (Wildman–Crippen MR) is 51.3 cm³/mol. The average molecular weight is 216 g/mol. The third-order valence-corrected chi connectivity index (χ3v) is 2.99. The first-order valence-electron chi connectivity index (χ1n) is 3.87. The van der Waals surface area contributed by atoms with Gasteiger partial charge < -0.3 is 11.5 Å². The van der Waals surface area contributed by atoms with Crippen LogP contribution in [0.1, 0.15) is 6.92 Å². The zero-order valence-corrected chi connectivity index (χ0v) is 8.78. The van der Waals surface area contributed by atoms with Gasteiger partial charge in [0.1, 0.15) is 5.54 Å². The third kappa shape index (κ3) is 2.42. The summed E-state index contributed by atoms with van der Waals surface area (Å²) in [5.74, 6) is -0.198. The minimum Gasteiger partial charge on any atom is -0.368 e. The van der Waals surface area contributed by atoms with Gasteiger partial charge in [-0.05, 0) is 17.4 Å². The Morgan fingerprint density at radius 1 is 1.71 bits per heavy atom. The van der Waals surface area contributed by atoms with Crippen LogP contribution in [-0.4, -0.2) is 37.4 Å². The van der Waals surface area contributed by atoms with Crippen molar-refractivity contribution in [3.8, 4) is 0 Å². The molecule has 0 saturated carbocycles. The van der Waals surface area contributed by atoms with Gasteiger partial charge in [-0.2, -0.15) is 0 Å². The number of nitrogens with zero attached hydrogens (tertiary/aromatic N) is 4. The summed E-state index contributed by atoms with van der Waals surface area (Å²) in [6.45, 7) is 1.58. The lowest BCUT2D eigenvalue weighted by Gasteiger charge is -2.18. The van der Waals surface area contributed by atoms with E-state index in [-0.39, 0.29) is 0 Å². The van der Waals surface area contributed by atoms with Gasteiger partial charge in [0.05, 0.1) is 0 Å². The van der Waals surface area contributed by atoms with Crippen LogP contribution in [0.3, 0.4) is 0 Å². The van der Waals surface area contributed by atoms with Crippen LogP contribution >= 0.6 is 11.8 Å². The summed E-state index contributed by atoms with van der Waals surface area (Å²) < 4.78 is 1.50. The Morgan fingerprint density at radius 2 is 2.36 bits per heavy atom. The molecule has 0 fully saturated rings. The van der Waals surface area contributed by atoms with E-state index in [9.17, 15) is 4.79 Å². The molecule has 0 spiro atoms. The van der Waals surface area contributed by atoms with E-state index in [1.165, 1.54) is 16.4 Å². The van der Waals surface area contributed by atoms with Gasteiger partial charge in [0.2, 0.25) is 11.1 Å². The van der Waals surface area contributed by atoms with E-state index >= 15 is 0 Å². The highest BCUT2D eigenvalue weighted by molar-refractivity contribution is 7.99. The lowest BCUT2D eigenvalue weighted by atomic mass is 10.1. The van der Waals surface area contributed by atoms with Crippen LogP contribution in [0.2, 0.25) is 0 Å². The van der Waals surface area contributed by atoms with Crippen LogP contribution in [0, 0.1) is 0 Å². The summed E-state index contributed by atoms with van der Waals surface area (Å²) in [6.07, 6.45) is 0. The van der Waals surface area contributed by atoms with Crippen LogP contribution in [0.5, 0.6) is 0 Å². The molecule has 1 aromatic heterocycles. The molecule has 1 aromatic rings. The number of tetrazole rings is 1. The first kappa shape index (κ1) is 10.9. The molecule has 1 unspecified atom stereocenters. The molecule has 78 valence electrons. The number of hydrogen-bond acceptors (Lipinski definition) is 6. The van der Waals surface area contributed by atoms with E-state index in [0.29, 0.717) is 10.9 Å². The Labute approximate surface area is 85.2 Å². The summed E-state index contributed by atoms with van der Waals surface area (Å²) in [5, 5.41) is 11.4. The second-order valence-corrected chi connectivity index (χ2v) is 4.10. The van der Waals surface area contributed by atoms with Gasteiger partial charge in [0.25, 0.3) is 0 Å². The van der Waals surface area contributed by atoms with Crippen LogP contribution in [0.4, 0.5) is 0 Å². The normalized spacial score (nSPS) is 15.1. The highest BCUT2D eigenvalue weighted by atomic mass is 32.2. The van der Waals surface area contributed by atoms with Crippen molar-refractivity contribution < 1.29 is 4.79 Å². The summed E-state index contributed by atoms with van der Waals surface area (Å²) >= 11 is 1.29. The van der Waals surface area contributed by atoms with Gasteiger partial charge in [0, 0.05) is 12.8 Å². The number of carbonyl (C=O) groups excluding carboxylic acids is 1. The fourth-order valence-corrected chi connectivity index (χ4v) is 1.52. The van der Waals surface area contributed by atoms with Gasteiger partial charge in [-0.1, -0.05) is 11.8 Å². The minimum absolute atomic E-state index is 0.344.